The first-order valence-electron chi connectivity index (χ1n) is 4.17. The minimum Gasteiger partial charge on any atom is -0.328 e. The number of hydrogen-bond acceptors (Lipinski definition) is 2. The molecule has 1 aromatic rings. The number of nitrogens with one attached hydrogen (secondary N) is 2. The average molecular weight is 182 g/mol. The molecule has 5 nitrogen and oxygen atoms in total. The minimum atomic E-state index is -0.144. The first-order chi connectivity index (χ1) is 6.13. The Balaban J connectivity index is 2.54. The van der Waals surface area contributed by atoms with Gasteiger partial charge in [0.1, 0.15) is 0 Å². The molecule has 2 amide bonds. The number of nitrogens with zero attached hydrogens (tertiary/aromatic N) is 2. The molecule has 0 radical (unpaired) electrons. The number of rotatable bonds is 2. The predicted molar refractivity (Wildman–Crippen MR) is 50.6 cm³/mol. The van der Waals surface area contributed by atoms with Gasteiger partial charge < -0.3 is 4.90 Å². The van der Waals surface area contributed by atoms with Crippen LogP contribution in [0.4, 0.5) is 10.6 Å². The van der Waals surface area contributed by atoms with Crippen LogP contribution in [-0.2, 0) is 0 Å². The molecule has 0 saturated carbocycles. The second kappa shape index (κ2) is 3.93. The molecule has 0 aliphatic heterocycles. The average Bonchev–Trinajstić information content (AvgIpc) is 2.49. The van der Waals surface area contributed by atoms with E-state index >= 15 is 0 Å². The van der Waals surface area contributed by atoms with Gasteiger partial charge in [0.15, 0.2) is 5.82 Å². The van der Waals surface area contributed by atoms with Gasteiger partial charge >= 0.3 is 6.03 Å². The summed E-state index contributed by atoms with van der Waals surface area (Å²) in [5, 5.41) is 9.29. The standard InChI is InChI=1S/C8H14N4O/c1-4-12(3)8(13)9-7-5-6(2)10-11-7/h5H,4H2,1-3H3,(H2,9,10,11,13). The van der Waals surface area contributed by atoms with Crippen molar-refractivity contribution in [3.8, 4) is 0 Å². The minimum absolute atomic E-state index is 0.144. The van der Waals surface area contributed by atoms with Gasteiger partial charge in [-0.15, -0.1) is 0 Å². The summed E-state index contributed by atoms with van der Waals surface area (Å²) in [7, 11) is 1.73. The quantitative estimate of drug-likeness (QED) is 0.722. The van der Waals surface area contributed by atoms with Gasteiger partial charge in [-0.2, -0.15) is 5.10 Å². The molecular formula is C8H14N4O. The summed E-state index contributed by atoms with van der Waals surface area (Å²) < 4.78 is 0. The van der Waals surface area contributed by atoms with Crippen molar-refractivity contribution >= 4 is 11.8 Å². The maximum atomic E-state index is 11.3. The van der Waals surface area contributed by atoms with E-state index in [9.17, 15) is 4.79 Å². The van der Waals surface area contributed by atoms with Gasteiger partial charge in [0.25, 0.3) is 0 Å². The molecular weight excluding hydrogens is 168 g/mol. The van der Waals surface area contributed by atoms with E-state index in [2.05, 4.69) is 15.5 Å². The van der Waals surface area contributed by atoms with Crippen molar-refractivity contribution in [1.29, 1.82) is 0 Å². The van der Waals surface area contributed by atoms with Crippen molar-refractivity contribution in [2.24, 2.45) is 0 Å². The highest BCUT2D eigenvalue weighted by molar-refractivity contribution is 5.88. The highest BCUT2D eigenvalue weighted by Crippen LogP contribution is 2.04. The van der Waals surface area contributed by atoms with Crippen LogP contribution < -0.4 is 5.32 Å². The molecule has 13 heavy (non-hydrogen) atoms. The third-order valence-electron chi connectivity index (χ3n) is 1.76. The lowest BCUT2D eigenvalue weighted by Gasteiger charge is -2.13. The third kappa shape index (κ3) is 2.47. The van der Waals surface area contributed by atoms with Gasteiger partial charge in [0.05, 0.1) is 0 Å². The molecule has 2 N–H and O–H groups in total. The Morgan fingerprint density at radius 3 is 2.92 bits per heavy atom. The van der Waals surface area contributed by atoms with Crippen molar-refractivity contribution < 1.29 is 4.79 Å². The van der Waals surface area contributed by atoms with Crippen molar-refractivity contribution in [3.05, 3.63) is 11.8 Å². The highest BCUT2D eigenvalue weighted by atomic mass is 16.2. The molecule has 0 fully saturated rings. The van der Waals surface area contributed by atoms with E-state index in [1.54, 1.807) is 18.0 Å². The van der Waals surface area contributed by atoms with Gasteiger partial charge in [0.2, 0.25) is 0 Å². The van der Waals surface area contributed by atoms with E-state index in [1.807, 2.05) is 13.8 Å². The monoisotopic (exact) mass is 182 g/mol. The van der Waals surface area contributed by atoms with Gasteiger partial charge in [-0.25, -0.2) is 4.79 Å². The Morgan fingerprint density at radius 1 is 1.77 bits per heavy atom. The number of hydrogen-bond donors (Lipinski definition) is 2. The zero-order chi connectivity index (χ0) is 9.84. The van der Waals surface area contributed by atoms with Crippen LogP contribution in [0.3, 0.4) is 0 Å². The molecule has 1 heterocycles. The third-order valence-corrected chi connectivity index (χ3v) is 1.76. The largest absolute Gasteiger partial charge is 0.328 e. The van der Waals surface area contributed by atoms with Crippen LogP contribution in [0.5, 0.6) is 0 Å². The van der Waals surface area contributed by atoms with Gasteiger partial charge in [-0.1, -0.05) is 0 Å². The van der Waals surface area contributed by atoms with Crippen molar-refractivity contribution in [1.82, 2.24) is 15.1 Å². The van der Waals surface area contributed by atoms with Crippen molar-refractivity contribution in [3.63, 3.8) is 0 Å². The van der Waals surface area contributed by atoms with Crippen molar-refractivity contribution in [2.45, 2.75) is 13.8 Å². The van der Waals surface area contributed by atoms with Crippen molar-refractivity contribution in [2.75, 3.05) is 18.9 Å². The van der Waals surface area contributed by atoms with E-state index in [0.29, 0.717) is 12.4 Å². The molecule has 0 bridgehead atoms. The molecule has 72 valence electrons. The lowest BCUT2D eigenvalue weighted by Crippen LogP contribution is -2.31. The number of urea groups is 1. The molecule has 0 atom stereocenters. The number of aryl methyl sites for hydroxylation is 1. The second-order valence-electron chi connectivity index (χ2n) is 2.88. The molecule has 0 spiro atoms. The zero-order valence-corrected chi connectivity index (χ0v) is 8.09. The molecule has 5 heteroatoms. The predicted octanol–water partition coefficient (Wildman–Crippen LogP) is 1.20. The second-order valence-corrected chi connectivity index (χ2v) is 2.88. The fourth-order valence-electron chi connectivity index (χ4n) is 0.831. The van der Waals surface area contributed by atoms with Crippen LogP contribution in [0, 0.1) is 6.92 Å². The Morgan fingerprint density at radius 2 is 2.46 bits per heavy atom. The molecule has 0 aliphatic rings. The summed E-state index contributed by atoms with van der Waals surface area (Å²) in [6.45, 7) is 4.47. The van der Waals surface area contributed by atoms with Crippen LogP contribution in [0.2, 0.25) is 0 Å². The van der Waals surface area contributed by atoms with E-state index in [1.165, 1.54) is 0 Å². The molecule has 0 aliphatic carbocycles. The summed E-state index contributed by atoms with van der Waals surface area (Å²) in [4.78, 5) is 12.9. The fourth-order valence-corrected chi connectivity index (χ4v) is 0.831. The first-order valence-corrected chi connectivity index (χ1v) is 4.17. The Kier molecular flexibility index (Phi) is 2.89. The van der Waals surface area contributed by atoms with Gasteiger partial charge in [-0.3, -0.25) is 10.4 Å². The SMILES string of the molecule is CCN(C)C(=O)Nc1cc(C)[nH]n1. The van der Waals surface area contributed by atoms with Crippen LogP contribution in [0.1, 0.15) is 12.6 Å². The number of H-pyrrole nitrogens is 1. The number of amides is 2. The Bertz CT molecular complexity index is 294. The molecule has 0 unspecified atom stereocenters. The topological polar surface area (TPSA) is 61.0 Å². The van der Waals surface area contributed by atoms with Crippen LogP contribution in [0.15, 0.2) is 6.07 Å². The summed E-state index contributed by atoms with van der Waals surface area (Å²) in [5.41, 5.74) is 0.925. The Hall–Kier alpha value is -1.52. The normalized spacial score (nSPS) is 9.77. The lowest BCUT2D eigenvalue weighted by atomic mass is 10.5. The van der Waals surface area contributed by atoms with Gasteiger partial charge in [-0.05, 0) is 13.8 Å². The number of carbonyl (C=O) groups is 1. The summed E-state index contributed by atoms with van der Waals surface area (Å²) in [6.07, 6.45) is 0. The number of anilines is 1. The molecule has 0 aromatic carbocycles. The van der Waals surface area contributed by atoms with Crippen LogP contribution >= 0.6 is 0 Å². The fraction of sp³-hybridized carbons (Fsp3) is 0.500. The zero-order valence-electron chi connectivity index (χ0n) is 8.09. The van der Waals surface area contributed by atoms with Crippen LogP contribution in [-0.4, -0.2) is 34.7 Å². The van der Waals surface area contributed by atoms with E-state index in [0.717, 1.165) is 5.69 Å². The number of aromatic amines is 1. The number of aromatic nitrogens is 2. The first kappa shape index (κ1) is 9.57. The smallest absolute Gasteiger partial charge is 0.322 e. The van der Waals surface area contributed by atoms with Gasteiger partial charge in [0, 0.05) is 25.4 Å². The van der Waals surface area contributed by atoms with E-state index in [-0.39, 0.29) is 6.03 Å². The molecule has 0 saturated heterocycles. The molecule has 1 rings (SSSR count). The number of carbonyl (C=O) groups excluding carboxylic acids is 1. The highest BCUT2D eigenvalue weighted by Gasteiger charge is 2.07. The van der Waals surface area contributed by atoms with E-state index in [4.69, 9.17) is 0 Å². The lowest BCUT2D eigenvalue weighted by molar-refractivity contribution is 0.224. The summed E-state index contributed by atoms with van der Waals surface area (Å²) in [6, 6.07) is 1.63. The Labute approximate surface area is 77.1 Å². The summed E-state index contributed by atoms with van der Waals surface area (Å²) >= 11 is 0. The summed E-state index contributed by atoms with van der Waals surface area (Å²) in [5.74, 6) is 0.558. The van der Waals surface area contributed by atoms with E-state index < -0.39 is 0 Å². The molecule has 1 aromatic heterocycles. The maximum absolute atomic E-state index is 11.3. The van der Waals surface area contributed by atoms with Crippen LogP contribution in [0.25, 0.3) is 0 Å². The maximum Gasteiger partial charge on any atom is 0.322 e.